The predicted molar refractivity (Wildman–Crippen MR) is 46.2 cm³/mol. The Hall–Kier alpha value is -0.870. The van der Waals surface area contributed by atoms with Crippen molar-refractivity contribution < 1.29 is 19.4 Å². The Labute approximate surface area is 77.1 Å². The molecule has 1 saturated heterocycles. The topological polar surface area (TPSA) is 55.8 Å². The Kier molecular flexibility index (Phi) is 2.45. The third kappa shape index (κ3) is 1.89. The number of hydrogen-bond acceptors (Lipinski definition) is 3. The molecule has 1 rings (SSSR count). The Balaban J connectivity index is 2.75. The molecule has 0 aliphatic carbocycles. The van der Waals surface area contributed by atoms with Gasteiger partial charge in [0.25, 0.3) is 0 Å². The molecule has 0 unspecified atom stereocenters. The molecule has 0 aromatic heterocycles. The van der Waals surface area contributed by atoms with E-state index < -0.39 is 17.2 Å². The first-order chi connectivity index (χ1) is 5.92. The summed E-state index contributed by atoms with van der Waals surface area (Å²) in [6.45, 7) is 7.21. The van der Waals surface area contributed by atoms with Crippen molar-refractivity contribution in [3.05, 3.63) is 12.7 Å². The summed E-state index contributed by atoms with van der Waals surface area (Å²) >= 11 is 0. The van der Waals surface area contributed by atoms with E-state index in [-0.39, 0.29) is 13.2 Å². The van der Waals surface area contributed by atoms with Gasteiger partial charge in [0, 0.05) is 0 Å². The fourth-order valence-electron chi connectivity index (χ4n) is 1.02. The van der Waals surface area contributed by atoms with Gasteiger partial charge in [-0.05, 0) is 13.8 Å². The van der Waals surface area contributed by atoms with E-state index in [9.17, 15) is 4.79 Å². The third-order valence-electron chi connectivity index (χ3n) is 2.17. The van der Waals surface area contributed by atoms with E-state index in [1.165, 1.54) is 6.08 Å². The van der Waals surface area contributed by atoms with Crippen LogP contribution in [-0.4, -0.2) is 30.1 Å². The van der Waals surface area contributed by atoms with Crippen molar-refractivity contribution in [2.24, 2.45) is 5.41 Å². The highest BCUT2D eigenvalue weighted by atomic mass is 16.7. The van der Waals surface area contributed by atoms with Gasteiger partial charge in [-0.3, -0.25) is 4.79 Å². The molecule has 0 bridgehead atoms. The second-order valence-corrected chi connectivity index (χ2v) is 3.64. The summed E-state index contributed by atoms with van der Waals surface area (Å²) in [6.07, 6.45) is 1.37. The summed E-state index contributed by atoms with van der Waals surface area (Å²) in [7, 11) is 0. The lowest BCUT2D eigenvalue weighted by molar-refractivity contribution is -0.275. The Morgan fingerprint density at radius 1 is 1.46 bits per heavy atom. The van der Waals surface area contributed by atoms with Crippen LogP contribution in [0.25, 0.3) is 0 Å². The van der Waals surface area contributed by atoms with Crippen LogP contribution in [0, 0.1) is 5.41 Å². The predicted octanol–water partition coefficient (Wildman–Crippen LogP) is 1.03. The van der Waals surface area contributed by atoms with Crippen LogP contribution in [0.1, 0.15) is 13.8 Å². The van der Waals surface area contributed by atoms with Crippen LogP contribution in [0.3, 0.4) is 0 Å². The summed E-state index contributed by atoms with van der Waals surface area (Å²) in [4.78, 5) is 10.9. The van der Waals surface area contributed by atoms with E-state index in [1.54, 1.807) is 13.8 Å². The molecule has 0 radical (unpaired) electrons. The van der Waals surface area contributed by atoms with Gasteiger partial charge in [-0.1, -0.05) is 6.08 Å². The number of hydrogen-bond donors (Lipinski definition) is 1. The van der Waals surface area contributed by atoms with Crippen LogP contribution >= 0.6 is 0 Å². The molecule has 0 saturated carbocycles. The van der Waals surface area contributed by atoms with Crippen LogP contribution in [0.5, 0.6) is 0 Å². The van der Waals surface area contributed by atoms with Crippen molar-refractivity contribution >= 4 is 5.97 Å². The second-order valence-electron chi connectivity index (χ2n) is 3.64. The fraction of sp³-hybridized carbons (Fsp3) is 0.667. The molecule has 0 amide bonds. The van der Waals surface area contributed by atoms with Crippen molar-refractivity contribution in [2.75, 3.05) is 13.2 Å². The van der Waals surface area contributed by atoms with Crippen molar-refractivity contribution in [3.8, 4) is 0 Å². The SMILES string of the molecule is C=CC1(C(=O)O)COC(C)(C)OC1. The highest BCUT2D eigenvalue weighted by Crippen LogP contribution is 2.30. The summed E-state index contributed by atoms with van der Waals surface area (Å²) in [6, 6.07) is 0. The first-order valence-electron chi connectivity index (χ1n) is 4.07. The Morgan fingerprint density at radius 3 is 2.23 bits per heavy atom. The smallest absolute Gasteiger partial charge is 0.318 e. The molecule has 4 heteroatoms. The van der Waals surface area contributed by atoms with Crippen LogP contribution in [0.2, 0.25) is 0 Å². The first kappa shape index (κ1) is 10.2. The molecular formula is C9H14O4. The monoisotopic (exact) mass is 186 g/mol. The van der Waals surface area contributed by atoms with E-state index in [4.69, 9.17) is 14.6 Å². The maximum Gasteiger partial charge on any atom is 0.318 e. The van der Waals surface area contributed by atoms with Crippen LogP contribution in [0.15, 0.2) is 12.7 Å². The van der Waals surface area contributed by atoms with Gasteiger partial charge in [-0.2, -0.15) is 0 Å². The molecule has 1 aliphatic rings. The van der Waals surface area contributed by atoms with Crippen LogP contribution in [-0.2, 0) is 14.3 Å². The van der Waals surface area contributed by atoms with Gasteiger partial charge < -0.3 is 14.6 Å². The highest BCUT2D eigenvalue weighted by molar-refractivity contribution is 5.77. The molecule has 0 spiro atoms. The van der Waals surface area contributed by atoms with Crippen molar-refractivity contribution in [1.29, 1.82) is 0 Å². The Morgan fingerprint density at radius 2 is 1.92 bits per heavy atom. The standard InChI is InChI=1S/C9H14O4/c1-4-9(7(10)11)5-12-8(2,3)13-6-9/h4H,1,5-6H2,2-3H3,(H,10,11). The van der Waals surface area contributed by atoms with Crippen molar-refractivity contribution in [1.82, 2.24) is 0 Å². The normalized spacial score (nSPS) is 25.1. The number of aliphatic carboxylic acids is 1. The maximum atomic E-state index is 10.9. The molecule has 1 N–H and O–H groups in total. The van der Waals surface area contributed by atoms with Gasteiger partial charge >= 0.3 is 5.97 Å². The molecule has 4 nitrogen and oxygen atoms in total. The molecule has 0 aromatic carbocycles. The molecule has 74 valence electrons. The van der Waals surface area contributed by atoms with Gasteiger partial charge in [-0.15, -0.1) is 6.58 Å². The summed E-state index contributed by atoms with van der Waals surface area (Å²) in [5.41, 5.74) is -1.09. The lowest BCUT2D eigenvalue weighted by atomic mass is 9.89. The first-order valence-corrected chi connectivity index (χ1v) is 4.07. The second kappa shape index (κ2) is 3.12. The lowest BCUT2D eigenvalue weighted by Crippen LogP contribution is -2.49. The molecule has 1 aliphatic heterocycles. The minimum Gasteiger partial charge on any atom is -0.480 e. The van der Waals surface area contributed by atoms with Gasteiger partial charge in [0.15, 0.2) is 5.79 Å². The molecule has 0 aromatic rings. The van der Waals surface area contributed by atoms with E-state index in [0.29, 0.717) is 0 Å². The van der Waals surface area contributed by atoms with Crippen molar-refractivity contribution in [3.63, 3.8) is 0 Å². The summed E-state index contributed by atoms with van der Waals surface area (Å²) in [5, 5.41) is 8.93. The van der Waals surface area contributed by atoms with Gasteiger partial charge in [0.2, 0.25) is 0 Å². The number of carboxylic acid groups (broad SMARTS) is 1. The quantitative estimate of drug-likeness (QED) is 0.654. The van der Waals surface area contributed by atoms with E-state index in [2.05, 4.69) is 6.58 Å². The van der Waals surface area contributed by atoms with Crippen LogP contribution in [0.4, 0.5) is 0 Å². The largest absolute Gasteiger partial charge is 0.480 e. The lowest BCUT2D eigenvalue weighted by Gasteiger charge is -2.39. The molecular weight excluding hydrogens is 172 g/mol. The number of carboxylic acids is 1. The average molecular weight is 186 g/mol. The number of ether oxygens (including phenoxy) is 2. The molecule has 1 heterocycles. The molecule has 1 fully saturated rings. The van der Waals surface area contributed by atoms with Crippen LogP contribution < -0.4 is 0 Å². The van der Waals surface area contributed by atoms with Gasteiger partial charge in [-0.25, -0.2) is 0 Å². The van der Waals surface area contributed by atoms with Crippen molar-refractivity contribution in [2.45, 2.75) is 19.6 Å². The maximum absolute atomic E-state index is 10.9. The summed E-state index contributed by atoms with van der Waals surface area (Å²) < 4.78 is 10.5. The minimum absolute atomic E-state index is 0.110. The molecule has 0 atom stereocenters. The van der Waals surface area contributed by atoms with E-state index in [1.807, 2.05) is 0 Å². The summed E-state index contributed by atoms with van der Waals surface area (Å²) in [5.74, 6) is -1.65. The zero-order valence-corrected chi connectivity index (χ0v) is 7.87. The number of rotatable bonds is 2. The zero-order chi connectivity index (χ0) is 10.1. The zero-order valence-electron chi connectivity index (χ0n) is 7.87. The number of carbonyl (C=O) groups is 1. The highest BCUT2D eigenvalue weighted by Gasteiger charge is 2.43. The fourth-order valence-corrected chi connectivity index (χ4v) is 1.02. The molecule has 13 heavy (non-hydrogen) atoms. The minimum atomic E-state index is -1.09. The third-order valence-corrected chi connectivity index (χ3v) is 2.17. The van der Waals surface area contributed by atoms with Gasteiger partial charge in [0.1, 0.15) is 5.41 Å². The Bertz CT molecular complexity index is 222. The van der Waals surface area contributed by atoms with E-state index in [0.717, 1.165) is 0 Å². The van der Waals surface area contributed by atoms with Gasteiger partial charge in [0.05, 0.1) is 13.2 Å². The van der Waals surface area contributed by atoms with E-state index >= 15 is 0 Å². The average Bonchev–Trinajstić information content (AvgIpc) is 2.05.